The van der Waals surface area contributed by atoms with Crippen molar-refractivity contribution in [1.29, 1.82) is 0 Å². The van der Waals surface area contributed by atoms with Gasteiger partial charge in [0, 0.05) is 12.1 Å². The first-order valence-electron chi connectivity index (χ1n) is 11.9. The molecule has 1 aliphatic rings. The van der Waals surface area contributed by atoms with E-state index < -0.39 is 17.7 Å². The highest BCUT2D eigenvalue weighted by Gasteiger charge is 2.46. The van der Waals surface area contributed by atoms with Gasteiger partial charge in [0.15, 0.2) is 0 Å². The van der Waals surface area contributed by atoms with E-state index in [-0.39, 0.29) is 24.0 Å². The van der Waals surface area contributed by atoms with Crippen molar-refractivity contribution in [3.8, 4) is 11.5 Å². The molecule has 1 saturated heterocycles. The molecule has 3 aromatic rings. The predicted molar refractivity (Wildman–Crippen MR) is 139 cm³/mol. The Morgan fingerprint density at radius 2 is 1.67 bits per heavy atom. The number of rotatable bonds is 7. The summed E-state index contributed by atoms with van der Waals surface area (Å²) in [5.41, 5.74) is 4.14. The van der Waals surface area contributed by atoms with Crippen molar-refractivity contribution in [2.75, 3.05) is 7.11 Å². The van der Waals surface area contributed by atoms with Crippen LogP contribution in [0.3, 0.4) is 0 Å². The monoisotopic (exact) mass is 485 g/mol. The van der Waals surface area contributed by atoms with Crippen molar-refractivity contribution in [3.63, 3.8) is 0 Å². The van der Waals surface area contributed by atoms with E-state index in [4.69, 9.17) is 9.47 Å². The molecule has 1 fully saturated rings. The van der Waals surface area contributed by atoms with Crippen LogP contribution in [0.4, 0.5) is 0 Å². The number of carbonyl (C=O) groups excluding carboxylic acids is 2. The number of amides is 1. The molecule has 1 amide bonds. The Bertz CT molecular complexity index is 1320. The van der Waals surface area contributed by atoms with Crippen LogP contribution in [0.1, 0.15) is 47.7 Å². The molecule has 0 bridgehead atoms. The number of hydrogen-bond acceptors (Lipinski definition) is 5. The molecule has 0 radical (unpaired) electrons. The van der Waals surface area contributed by atoms with Gasteiger partial charge in [-0.25, -0.2) is 0 Å². The predicted octanol–water partition coefficient (Wildman–Crippen LogP) is 5.72. The number of nitrogens with zero attached hydrogens (tertiary/aromatic N) is 1. The van der Waals surface area contributed by atoms with Crippen LogP contribution in [0, 0.1) is 13.8 Å². The summed E-state index contributed by atoms with van der Waals surface area (Å²) in [5.74, 6) is -0.223. The van der Waals surface area contributed by atoms with Gasteiger partial charge in [-0.1, -0.05) is 36.4 Å². The lowest BCUT2D eigenvalue weighted by molar-refractivity contribution is -0.140. The largest absolute Gasteiger partial charge is 0.507 e. The lowest BCUT2D eigenvalue weighted by Gasteiger charge is -2.26. The summed E-state index contributed by atoms with van der Waals surface area (Å²) in [7, 11) is 1.59. The van der Waals surface area contributed by atoms with Crippen LogP contribution in [0.5, 0.6) is 11.5 Å². The van der Waals surface area contributed by atoms with E-state index >= 15 is 0 Å². The van der Waals surface area contributed by atoms with Crippen LogP contribution in [0.15, 0.2) is 72.3 Å². The summed E-state index contributed by atoms with van der Waals surface area (Å²) in [5, 5.41) is 11.4. The van der Waals surface area contributed by atoms with Gasteiger partial charge in [-0.3, -0.25) is 9.59 Å². The minimum Gasteiger partial charge on any atom is -0.507 e. The zero-order chi connectivity index (χ0) is 26.0. The van der Waals surface area contributed by atoms with Crippen LogP contribution in [0.25, 0.3) is 5.76 Å². The highest BCUT2D eigenvalue weighted by atomic mass is 16.5. The molecule has 1 N–H and O–H groups in total. The van der Waals surface area contributed by atoms with E-state index in [1.165, 1.54) is 4.90 Å². The minimum absolute atomic E-state index is 0.0403. The van der Waals surface area contributed by atoms with Gasteiger partial charge >= 0.3 is 0 Å². The number of carbonyl (C=O) groups is 2. The second kappa shape index (κ2) is 10.3. The number of Topliss-reactive ketones (excluding diaryl/α,β-unsaturated/α-hetero) is 1. The number of aryl methyl sites for hydroxylation is 2. The molecule has 1 atom stereocenters. The summed E-state index contributed by atoms with van der Waals surface area (Å²) in [6.07, 6.45) is -0.0403. The van der Waals surface area contributed by atoms with Crippen molar-refractivity contribution >= 4 is 17.4 Å². The highest BCUT2D eigenvalue weighted by molar-refractivity contribution is 6.46. The fourth-order valence-electron chi connectivity index (χ4n) is 4.39. The van der Waals surface area contributed by atoms with Crippen LogP contribution in [-0.2, 0) is 16.1 Å². The van der Waals surface area contributed by atoms with Crippen molar-refractivity contribution in [3.05, 3.63) is 100 Å². The van der Waals surface area contributed by atoms with Crippen molar-refractivity contribution in [1.82, 2.24) is 4.90 Å². The van der Waals surface area contributed by atoms with E-state index in [1.54, 1.807) is 13.2 Å². The number of methoxy groups -OCH3 is 1. The van der Waals surface area contributed by atoms with Gasteiger partial charge in [0.1, 0.15) is 17.3 Å². The minimum atomic E-state index is -0.774. The van der Waals surface area contributed by atoms with E-state index in [0.29, 0.717) is 22.6 Å². The summed E-state index contributed by atoms with van der Waals surface area (Å²) < 4.78 is 11.1. The molecular formula is C30H31NO5. The SMILES string of the molecule is COc1ccc(CN2C(=O)C(=O)/C(=C(\O)c3ccc(C)c(C)c3)C2c2cccc(OC(C)C)c2)cc1. The molecule has 3 aromatic carbocycles. The van der Waals surface area contributed by atoms with Gasteiger partial charge in [0.05, 0.1) is 24.8 Å². The van der Waals surface area contributed by atoms with Gasteiger partial charge in [0.25, 0.3) is 11.7 Å². The van der Waals surface area contributed by atoms with Crippen LogP contribution in [0.2, 0.25) is 0 Å². The second-order valence-electron chi connectivity index (χ2n) is 9.31. The molecule has 1 aliphatic heterocycles. The van der Waals surface area contributed by atoms with Crippen molar-refractivity contribution < 1.29 is 24.2 Å². The van der Waals surface area contributed by atoms with E-state index in [2.05, 4.69) is 0 Å². The number of hydrogen-bond donors (Lipinski definition) is 1. The summed E-state index contributed by atoms with van der Waals surface area (Å²) >= 11 is 0. The zero-order valence-electron chi connectivity index (χ0n) is 21.2. The fourth-order valence-corrected chi connectivity index (χ4v) is 4.39. The first kappa shape index (κ1) is 25.0. The number of likely N-dealkylation sites (tertiary alicyclic amines) is 1. The number of aliphatic hydroxyl groups excluding tert-OH is 1. The Morgan fingerprint density at radius 1 is 0.944 bits per heavy atom. The Labute approximate surface area is 211 Å². The van der Waals surface area contributed by atoms with E-state index in [0.717, 1.165) is 16.7 Å². The lowest BCUT2D eigenvalue weighted by atomic mass is 9.94. The highest BCUT2D eigenvalue weighted by Crippen LogP contribution is 2.41. The molecule has 4 rings (SSSR count). The Hall–Kier alpha value is -4.06. The number of ether oxygens (including phenoxy) is 2. The molecule has 1 unspecified atom stereocenters. The quantitative estimate of drug-likeness (QED) is 0.263. The summed E-state index contributed by atoms with van der Waals surface area (Å²) in [4.78, 5) is 28.2. The molecule has 0 spiro atoms. The Balaban J connectivity index is 1.85. The molecule has 0 saturated carbocycles. The van der Waals surface area contributed by atoms with Crippen molar-refractivity contribution in [2.45, 2.75) is 46.4 Å². The maximum atomic E-state index is 13.4. The van der Waals surface area contributed by atoms with Gasteiger partial charge in [-0.2, -0.15) is 0 Å². The molecule has 6 nitrogen and oxygen atoms in total. The maximum absolute atomic E-state index is 13.4. The smallest absolute Gasteiger partial charge is 0.295 e. The molecule has 6 heteroatoms. The van der Waals surface area contributed by atoms with Crippen LogP contribution >= 0.6 is 0 Å². The molecular weight excluding hydrogens is 454 g/mol. The summed E-state index contributed by atoms with van der Waals surface area (Å²) in [6, 6.07) is 19.4. The van der Waals surface area contributed by atoms with Gasteiger partial charge in [-0.15, -0.1) is 0 Å². The van der Waals surface area contributed by atoms with Crippen LogP contribution < -0.4 is 9.47 Å². The average Bonchev–Trinajstić information content (AvgIpc) is 3.10. The van der Waals surface area contributed by atoms with Crippen molar-refractivity contribution in [2.24, 2.45) is 0 Å². The summed E-state index contributed by atoms with van der Waals surface area (Å²) in [6.45, 7) is 7.98. The molecule has 1 heterocycles. The Kier molecular flexibility index (Phi) is 7.15. The first-order valence-corrected chi connectivity index (χ1v) is 11.9. The molecule has 0 aliphatic carbocycles. The molecule has 186 valence electrons. The number of ketones is 1. The standard InChI is InChI=1S/C30H31NO5/c1-18(2)36-25-8-6-7-22(16-25)27-26(28(32)23-12-9-19(3)20(4)15-23)29(33)30(34)31(27)17-21-10-13-24(35-5)14-11-21/h6-16,18,27,32H,17H2,1-5H3/b28-26-. The lowest BCUT2D eigenvalue weighted by Crippen LogP contribution is -2.29. The van der Waals surface area contributed by atoms with E-state index in [1.807, 2.05) is 88.4 Å². The maximum Gasteiger partial charge on any atom is 0.295 e. The van der Waals surface area contributed by atoms with Gasteiger partial charge < -0.3 is 19.5 Å². The molecule has 0 aromatic heterocycles. The molecule has 36 heavy (non-hydrogen) atoms. The third kappa shape index (κ3) is 4.98. The second-order valence-corrected chi connectivity index (χ2v) is 9.31. The third-order valence-corrected chi connectivity index (χ3v) is 6.38. The third-order valence-electron chi connectivity index (χ3n) is 6.38. The number of aliphatic hydroxyl groups is 1. The number of benzene rings is 3. The normalized spacial score (nSPS) is 17.1. The average molecular weight is 486 g/mol. The zero-order valence-corrected chi connectivity index (χ0v) is 21.2. The van der Waals surface area contributed by atoms with Crippen LogP contribution in [-0.4, -0.2) is 34.9 Å². The fraction of sp³-hybridized carbons (Fsp3) is 0.267. The van der Waals surface area contributed by atoms with Gasteiger partial charge in [-0.05, 0) is 80.3 Å². The topological polar surface area (TPSA) is 76.1 Å². The Morgan fingerprint density at radius 3 is 2.31 bits per heavy atom. The van der Waals surface area contributed by atoms with Gasteiger partial charge in [0.2, 0.25) is 0 Å². The van der Waals surface area contributed by atoms with E-state index in [9.17, 15) is 14.7 Å². The first-order chi connectivity index (χ1) is 17.2.